The number of rotatable bonds is 3. The molecule has 1 saturated heterocycles. The lowest BCUT2D eigenvalue weighted by molar-refractivity contribution is 0.0932. The Hall–Kier alpha value is -1.11. The van der Waals surface area contributed by atoms with Crippen LogP contribution in [-0.4, -0.2) is 42.2 Å². The van der Waals surface area contributed by atoms with E-state index in [1.54, 1.807) is 0 Å². The van der Waals surface area contributed by atoms with E-state index in [9.17, 15) is 8.42 Å². The second-order valence-corrected chi connectivity index (χ2v) is 12.3. The van der Waals surface area contributed by atoms with E-state index >= 15 is 0 Å². The molecule has 7 heteroatoms. The molecule has 1 aliphatic carbocycles. The maximum atomic E-state index is 13.8. The summed E-state index contributed by atoms with van der Waals surface area (Å²) in [7, 11) is -3.78. The number of likely N-dealkylation sites (tertiary alicyclic amines) is 1. The highest BCUT2D eigenvalue weighted by Crippen LogP contribution is 2.43. The van der Waals surface area contributed by atoms with Gasteiger partial charge in [-0.15, -0.1) is 0 Å². The molecule has 1 aromatic heterocycles. The van der Waals surface area contributed by atoms with Crippen molar-refractivity contribution in [3.63, 3.8) is 0 Å². The maximum Gasteiger partial charge on any atom is 0.200 e. The van der Waals surface area contributed by atoms with Crippen LogP contribution in [0, 0.1) is 0 Å². The highest BCUT2D eigenvalue weighted by Gasteiger charge is 2.46. The van der Waals surface area contributed by atoms with Gasteiger partial charge < -0.3 is 9.32 Å². The Morgan fingerprint density at radius 3 is 2.50 bits per heavy atom. The number of piperidine rings is 1. The molecule has 0 atom stereocenters. The number of benzene rings is 1. The first-order valence-electron chi connectivity index (χ1n) is 10.5. The molecule has 2 heterocycles. The normalized spacial score (nSPS) is 22.2. The SMILES string of the molecule is [2H]c1cc(Cl)c(S(=O)(=O)C2(C)CCN(C3CCC3)CC2)c2oc(C(C)(C)C)nc12. The Morgan fingerprint density at radius 1 is 1.32 bits per heavy atom. The van der Waals surface area contributed by atoms with E-state index in [4.69, 9.17) is 17.4 Å². The summed E-state index contributed by atoms with van der Waals surface area (Å²) in [5.74, 6) is 0.407. The highest BCUT2D eigenvalue weighted by molar-refractivity contribution is 7.93. The van der Waals surface area contributed by atoms with E-state index in [-0.39, 0.29) is 27.1 Å². The molecule has 0 spiro atoms. The molecule has 28 heavy (non-hydrogen) atoms. The number of hydrogen-bond donors (Lipinski definition) is 0. The maximum absolute atomic E-state index is 13.8. The zero-order valence-electron chi connectivity index (χ0n) is 18.0. The Balaban J connectivity index is 1.77. The van der Waals surface area contributed by atoms with Crippen molar-refractivity contribution in [2.24, 2.45) is 0 Å². The zero-order valence-corrected chi connectivity index (χ0v) is 18.6. The predicted molar refractivity (Wildman–Crippen MR) is 112 cm³/mol. The van der Waals surface area contributed by atoms with Gasteiger partial charge in [0, 0.05) is 11.5 Å². The highest BCUT2D eigenvalue weighted by atomic mass is 35.5. The lowest BCUT2D eigenvalue weighted by Crippen LogP contribution is -2.51. The van der Waals surface area contributed by atoms with Crippen LogP contribution in [-0.2, 0) is 15.3 Å². The molecular formula is C21H29ClN2O3S. The van der Waals surface area contributed by atoms with Gasteiger partial charge in [-0.05, 0) is 57.8 Å². The number of halogens is 1. The van der Waals surface area contributed by atoms with Crippen molar-refractivity contribution in [3.05, 3.63) is 23.0 Å². The van der Waals surface area contributed by atoms with E-state index in [1.165, 1.54) is 25.3 Å². The summed E-state index contributed by atoms with van der Waals surface area (Å²) in [6.07, 6.45) is 4.83. The van der Waals surface area contributed by atoms with E-state index in [0.29, 0.717) is 24.8 Å². The first kappa shape index (κ1) is 18.9. The van der Waals surface area contributed by atoms with E-state index in [1.807, 2.05) is 27.7 Å². The van der Waals surface area contributed by atoms with Crippen LogP contribution >= 0.6 is 11.6 Å². The summed E-state index contributed by atoms with van der Waals surface area (Å²) < 4.78 is 40.9. The lowest BCUT2D eigenvalue weighted by Gasteiger charge is -2.45. The molecule has 2 aromatic rings. The number of hydrogen-bond acceptors (Lipinski definition) is 5. The van der Waals surface area contributed by atoms with E-state index < -0.39 is 20.0 Å². The first-order chi connectivity index (χ1) is 13.4. The van der Waals surface area contributed by atoms with Crippen LogP contribution in [0.4, 0.5) is 0 Å². The van der Waals surface area contributed by atoms with Crippen molar-refractivity contribution in [1.82, 2.24) is 9.88 Å². The van der Waals surface area contributed by atoms with Gasteiger partial charge in [-0.3, -0.25) is 0 Å². The third-order valence-electron chi connectivity index (χ3n) is 6.39. The predicted octanol–water partition coefficient (Wildman–Crippen LogP) is 4.96. The molecule has 2 aliphatic rings. The summed E-state index contributed by atoms with van der Waals surface area (Å²) in [5.41, 5.74) is -0.0276. The monoisotopic (exact) mass is 425 g/mol. The fourth-order valence-corrected chi connectivity index (χ4v) is 6.43. The summed E-state index contributed by atoms with van der Waals surface area (Å²) in [4.78, 5) is 6.86. The number of fused-ring (bicyclic) bond motifs is 1. The van der Waals surface area contributed by atoms with Gasteiger partial charge in [0.1, 0.15) is 10.4 Å². The van der Waals surface area contributed by atoms with Crippen LogP contribution in [0.15, 0.2) is 21.4 Å². The van der Waals surface area contributed by atoms with Gasteiger partial charge in [0.15, 0.2) is 15.4 Å². The van der Waals surface area contributed by atoms with Crippen molar-refractivity contribution in [2.45, 2.75) is 80.9 Å². The van der Waals surface area contributed by atoms with Crippen molar-refractivity contribution in [3.8, 4) is 0 Å². The van der Waals surface area contributed by atoms with Gasteiger partial charge in [-0.1, -0.05) is 38.8 Å². The Labute approximate surface area is 173 Å². The molecule has 1 saturated carbocycles. The number of aromatic nitrogens is 1. The Morgan fingerprint density at radius 2 is 1.96 bits per heavy atom. The third-order valence-corrected chi connectivity index (χ3v) is 9.45. The average Bonchev–Trinajstić information content (AvgIpc) is 3.00. The molecule has 0 unspecified atom stereocenters. The molecule has 0 bridgehead atoms. The molecule has 5 nitrogen and oxygen atoms in total. The van der Waals surface area contributed by atoms with Gasteiger partial charge in [0.2, 0.25) is 5.89 Å². The van der Waals surface area contributed by atoms with Crippen LogP contribution < -0.4 is 0 Å². The van der Waals surface area contributed by atoms with Crippen LogP contribution in [0.5, 0.6) is 0 Å². The Bertz CT molecular complexity index is 1050. The van der Waals surface area contributed by atoms with Crippen molar-refractivity contribution in [1.29, 1.82) is 0 Å². The van der Waals surface area contributed by atoms with Crippen LogP contribution in [0.2, 0.25) is 5.02 Å². The second kappa shape index (κ2) is 6.71. The molecule has 0 radical (unpaired) electrons. The van der Waals surface area contributed by atoms with E-state index in [0.717, 1.165) is 13.1 Å². The van der Waals surface area contributed by atoms with Gasteiger partial charge in [-0.25, -0.2) is 13.4 Å². The fraction of sp³-hybridized carbons (Fsp3) is 0.667. The molecule has 154 valence electrons. The van der Waals surface area contributed by atoms with E-state index in [2.05, 4.69) is 9.88 Å². The Kier molecular flexibility index (Phi) is 4.53. The summed E-state index contributed by atoms with van der Waals surface area (Å²) in [6.45, 7) is 9.19. The van der Waals surface area contributed by atoms with Gasteiger partial charge in [0.05, 0.1) is 11.1 Å². The lowest BCUT2D eigenvalue weighted by atomic mass is 9.88. The van der Waals surface area contributed by atoms with Crippen molar-refractivity contribution < 1.29 is 14.2 Å². The summed E-state index contributed by atoms with van der Waals surface area (Å²) >= 11 is 6.41. The molecule has 2 fully saturated rings. The van der Waals surface area contributed by atoms with Gasteiger partial charge in [-0.2, -0.15) is 0 Å². The minimum Gasteiger partial charge on any atom is -0.439 e. The molecule has 1 aromatic carbocycles. The topological polar surface area (TPSA) is 63.4 Å². The molecule has 0 amide bonds. The standard InChI is InChI=1S/C21H29ClN2O3S/c1-20(2,3)19-23-16-9-8-15(22)18(17(16)27-19)28(25,26)21(4)10-12-24(13-11-21)14-6-5-7-14/h8-9,14H,5-7,10-13H2,1-4H3/i9D. The molecular weight excluding hydrogens is 396 g/mol. The van der Waals surface area contributed by atoms with Crippen LogP contribution in [0.1, 0.15) is 67.1 Å². The average molecular weight is 426 g/mol. The largest absolute Gasteiger partial charge is 0.439 e. The third kappa shape index (κ3) is 3.17. The van der Waals surface area contributed by atoms with Crippen LogP contribution in [0.25, 0.3) is 11.1 Å². The van der Waals surface area contributed by atoms with Crippen molar-refractivity contribution in [2.75, 3.05) is 13.1 Å². The molecule has 1 aliphatic heterocycles. The zero-order chi connectivity index (χ0) is 21.2. The summed E-state index contributed by atoms with van der Waals surface area (Å²) in [6, 6.07) is 2.07. The number of nitrogens with zero attached hydrogens (tertiary/aromatic N) is 2. The summed E-state index contributed by atoms with van der Waals surface area (Å²) in [5, 5.41) is 0.0433. The minimum absolute atomic E-state index is 0.00670. The second-order valence-electron chi connectivity index (χ2n) is 9.49. The fourth-order valence-electron chi connectivity index (χ4n) is 4.08. The number of sulfone groups is 1. The minimum atomic E-state index is -3.78. The quantitative estimate of drug-likeness (QED) is 0.695. The first-order valence-corrected chi connectivity index (χ1v) is 11.9. The van der Waals surface area contributed by atoms with Gasteiger partial charge >= 0.3 is 0 Å². The number of oxazole rings is 1. The smallest absolute Gasteiger partial charge is 0.200 e. The van der Waals surface area contributed by atoms with Crippen molar-refractivity contribution >= 4 is 32.5 Å². The molecule has 0 N–H and O–H groups in total. The van der Waals surface area contributed by atoms with Crippen LogP contribution in [0.3, 0.4) is 0 Å². The molecule has 4 rings (SSSR count). The van der Waals surface area contributed by atoms with Gasteiger partial charge in [0.25, 0.3) is 0 Å².